The first kappa shape index (κ1) is 24.3. The Morgan fingerprint density at radius 1 is 0.735 bits per heavy atom. The summed E-state index contributed by atoms with van der Waals surface area (Å²) < 4.78 is 4.74. The second-order valence-electron chi connectivity index (χ2n) is 10.9. The van der Waals surface area contributed by atoms with E-state index in [9.17, 15) is 0 Å². The van der Waals surface area contributed by atoms with Crippen molar-refractivity contribution >= 4 is 11.0 Å². The minimum atomic E-state index is 0.461. The van der Waals surface area contributed by atoms with Gasteiger partial charge in [-0.3, -0.25) is 0 Å². The number of fused-ring (bicyclic) bond motifs is 1. The zero-order valence-electron chi connectivity index (χ0n) is 22.7. The number of hydrogen-bond acceptors (Lipinski definition) is 0. The van der Waals surface area contributed by atoms with Gasteiger partial charge in [0.25, 0.3) is 5.82 Å². The number of aromatic nitrogens is 2. The number of rotatable bonds is 5. The summed E-state index contributed by atoms with van der Waals surface area (Å²) in [6.07, 6.45) is 0. The highest BCUT2D eigenvalue weighted by Crippen LogP contribution is 2.40. The third-order valence-electron chi connectivity index (χ3n) is 7.59. The van der Waals surface area contributed by atoms with Crippen LogP contribution in [0.1, 0.15) is 92.9 Å². The molecule has 0 N–H and O–H groups in total. The first-order chi connectivity index (χ1) is 16.0. The maximum atomic E-state index is 2.46. The van der Waals surface area contributed by atoms with Crippen LogP contribution < -0.4 is 4.57 Å². The number of imidazole rings is 1. The van der Waals surface area contributed by atoms with E-state index in [0.29, 0.717) is 17.8 Å². The van der Waals surface area contributed by atoms with Gasteiger partial charge in [0.1, 0.15) is 5.69 Å². The molecule has 34 heavy (non-hydrogen) atoms. The number of nitrogens with zero attached hydrogens (tertiary/aromatic N) is 2. The topological polar surface area (TPSA) is 8.81 Å². The van der Waals surface area contributed by atoms with E-state index >= 15 is 0 Å². The third-order valence-corrected chi connectivity index (χ3v) is 7.59. The van der Waals surface area contributed by atoms with E-state index in [4.69, 9.17) is 0 Å². The smallest absolute Gasteiger partial charge is 0.230 e. The first-order valence-electron chi connectivity index (χ1n) is 12.8. The average molecular weight is 454 g/mol. The highest BCUT2D eigenvalue weighted by Gasteiger charge is 2.25. The Morgan fingerprint density at radius 2 is 1.32 bits per heavy atom. The van der Waals surface area contributed by atoms with E-state index in [1.54, 1.807) is 0 Å². The van der Waals surface area contributed by atoms with Crippen LogP contribution in [-0.2, 0) is 7.05 Å². The van der Waals surface area contributed by atoms with E-state index in [1.165, 1.54) is 61.5 Å². The Kier molecular flexibility index (Phi) is 6.46. The molecule has 0 spiro atoms. The largest absolute Gasteiger partial charge is 0.259 e. The Morgan fingerprint density at radius 3 is 1.88 bits per heavy atom. The van der Waals surface area contributed by atoms with Gasteiger partial charge in [-0.25, -0.2) is 4.57 Å². The lowest BCUT2D eigenvalue weighted by atomic mass is 9.81. The van der Waals surface area contributed by atoms with Crippen molar-refractivity contribution in [3.05, 3.63) is 82.2 Å². The summed E-state index contributed by atoms with van der Waals surface area (Å²) in [5.74, 6) is 2.68. The molecule has 0 aliphatic rings. The molecule has 178 valence electrons. The molecule has 0 amide bonds. The molecule has 4 aromatic rings. The van der Waals surface area contributed by atoms with Crippen molar-refractivity contribution in [2.75, 3.05) is 0 Å². The lowest BCUT2D eigenvalue weighted by Gasteiger charge is -2.24. The van der Waals surface area contributed by atoms with Crippen molar-refractivity contribution in [1.29, 1.82) is 0 Å². The summed E-state index contributed by atoms with van der Waals surface area (Å²) in [6, 6.07) is 18.5. The number of hydrogen-bond donors (Lipinski definition) is 0. The molecule has 0 fully saturated rings. The minimum absolute atomic E-state index is 0.461. The Balaban J connectivity index is 2.08. The summed E-state index contributed by atoms with van der Waals surface area (Å²) in [5, 5.41) is 0. The van der Waals surface area contributed by atoms with Crippen LogP contribution in [-0.4, -0.2) is 4.57 Å². The fraction of sp³-hybridized carbons (Fsp3) is 0.406. The molecule has 1 heterocycles. The molecule has 0 atom stereocenters. The molecule has 0 saturated carbocycles. The van der Waals surface area contributed by atoms with Crippen molar-refractivity contribution in [1.82, 2.24) is 4.57 Å². The maximum absolute atomic E-state index is 2.46. The van der Waals surface area contributed by atoms with Gasteiger partial charge < -0.3 is 0 Å². The molecule has 0 bridgehead atoms. The fourth-order valence-electron chi connectivity index (χ4n) is 5.25. The number of benzene rings is 3. The van der Waals surface area contributed by atoms with Gasteiger partial charge in [-0.1, -0.05) is 71.9 Å². The predicted octanol–water partition coefficient (Wildman–Crippen LogP) is 8.42. The molecule has 4 rings (SSSR count). The number of para-hydroxylation sites is 2. The molecule has 2 nitrogen and oxygen atoms in total. The number of aryl methyl sites for hydroxylation is 2. The summed E-state index contributed by atoms with van der Waals surface area (Å²) >= 11 is 0. The summed E-state index contributed by atoms with van der Waals surface area (Å²) in [6.45, 7) is 20.7. The van der Waals surface area contributed by atoms with Crippen LogP contribution in [0, 0.1) is 20.8 Å². The Hall–Kier alpha value is -2.87. The highest BCUT2D eigenvalue weighted by molar-refractivity contribution is 5.79. The minimum Gasteiger partial charge on any atom is -0.230 e. The predicted molar refractivity (Wildman–Crippen MR) is 146 cm³/mol. The van der Waals surface area contributed by atoms with Gasteiger partial charge in [0.2, 0.25) is 0 Å². The van der Waals surface area contributed by atoms with Crippen LogP contribution in [0.2, 0.25) is 0 Å². The Bertz CT molecular complexity index is 1340. The van der Waals surface area contributed by atoms with Crippen molar-refractivity contribution in [2.45, 2.75) is 80.1 Å². The van der Waals surface area contributed by atoms with Crippen LogP contribution in [0.5, 0.6) is 0 Å². The van der Waals surface area contributed by atoms with Gasteiger partial charge in [0.15, 0.2) is 11.0 Å². The van der Waals surface area contributed by atoms with Crippen LogP contribution in [0.3, 0.4) is 0 Å². The Labute approximate surface area is 206 Å². The SMILES string of the molecule is Cc1cc(-c2c(C(C)C)cc(C(C)C)cc2C(C)C)cc(-n2c(C)[n+](C)c3ccccc32)c1C. The molecule has 3 aromatic carbocycles. The molecule has 0 radical (unpaired) electrons. The van der Waals surface area contributed by atoms with Gasteiger partial charge in [0.05, 0.1) is 7.05 Å². The van der Waals surface area contributed by atoms with E-state index in [2.05, 4.69) is 127 Å². The maximum Gasteiger partial charge on any atom is 0.259 e. The summed E-state index contributed by atoms with van der Waals surface area (Å²) in [4.78, 5) is 0. The van der Waals surface area contributed by atoms with Gasteiger partial charge in [0, 0.05) is 6.92 Å². The summed E-state index contributed by atoms with van der Waals surface area (Å²) in [5.41, 5.74) is 13.6. The van der Waals surface area contributed by atoms with E-state index in [-0.39, 0.29) is 0 Å². The molecular weight excluding hydrogens is 412 g/mol. The second-order valence-corrected chi connectivity index (χ2v) is 10.9. The van der Waals surface area contributed by atoms with Crippen LogP contribution >= 0.6 is 0 Å². The zero-order chi connectivity index (χ0) is 24.9. The van der Waals surface area contributed by atoms with Crippen LogP contribution in [0.4, 0.5) is 0 Å². The lowest BCUT2D eigenvalue weighted by Crippen LogP contribution is -2.30. The quantitative estimate of drug-likeness (QED) is 0.268. The third kappa shape index (κ3) is 3.98. The van der Waals surface area contributed by atoms with Gasteiger partial charge in [-0.05, 0) is 88.7 Å². The van der Waals surface area contributed by atoms with E-state index in [1.807, 2.05) is 0 Å². The molecular formula is C32H41N2+. The van der Waals surface area contributed by atoms with Gasteiger partial charge in [-0.2, -0.15) is 4.57 Å². The van der Waals surface area contributed by atoms with E-state index in [0.717, 1.165) is 0 Å². The molecule has 2 heteroatoms. The van der Waals surface area contributed by atoms with Crippen molar-refractivity contribution in [3.63, 3.8) is 0 Å². The average Bonchev–Trinajstić information content (AvgIpc) is 3.04. The molecule has 0 aliphatic heterocycles. The molecule has 0 aliphatic carbocycles. The van der Waals surface area contributed by atoms with Gasteiger partial charge in [-0.15, -0.1) is 0 Å². The first-order valence-corrected chi connectivity index (χ1v) is 12.8. The van der Waals surface area contributed by atoms with Gasteiger partial charge >= 0.3 is 0 Å². The standard InChI is InChI=1S/C32H41N2/c1-19(2)25-16-27(20(3)4)32(28(17-25)21(5)6)26-15-22(7)23(8)31(18-26)34-24(9)33(10)29-13-11-12-14-30(29)34/h11-21H,1-10H3/q+1. The van der Waals surface area contributed by atoms with E-state index < -0.39 is 0 Å². The highest BCUT2D eigenvalue weighted by atomic mass is 15.2. The second kappa shape index (κ2) is 9.06. The van der Waals surface area contributed by atoms with Crippen molar-refractivity contribution in [3.8, 4) is 16.8 Å². The monoisotopic (exact) mass is 453 g/mol. The summed E-state index contributed by atoms with van der Waals surface area (Å²) in [7, 11) is 2.17. The molecule has 1 aromatic heterocycles. The normalized spacial score (nSPS) is 12.0. The zero-order valence-corrected chi connectivity index (χ0v) is 22.7. The molecule has 0 unspecified atom stereocenters. The fourth-order valence-corrected chi connectivity index (χ4v) is 5.25. The molecule has 0 saturated heterocycles. The van der Waals surface area contributed by atoms with Crippen molar-refractivity contribution in [2.24, 2.45) is 7.05 Å². The van der Waals surface area contributed by atoms with Crippen LogP contribution in [0.15, 0.2) is 48.5 Å². The van der Waals surface area contributed by atoms with Crippen LogP contribution in [0.25, 0.3) is 27.8 Å². The van der Waals surface area contributed by atoms with Crippen molar-refractivity contribution < 1.29 is 4.57 Å². The lowest BCUT2D eigenvalue weighted by molar-refractivity contribution is -0.652.